The Morgan fingerprint density at radius 3 is 2.03 bits per heavy atom. The Morgan fingerprint density at radius 1 is 0.794 bits per heavy atom. The number of ether oxygens (including phenoxy) is 1. The second-order valence-electron chi connectivity index (χ2n) is 7.54. The van der Waals surface area contributed by atoms with Crippen LogP contribution in [-0.2, 0) is 20.0 Å². The van der Waals surface area contributed by atoms with E-state index in [1.165, 1.54) is 41.7 Å². The fraction of sp³-hybridized carbons (Fsp3) is 0.250. The van der Waals surface area contributed by atoms with Crippen molar-refractivity contribution in [1.29, 1.82) is 0 Å². The number of aryl methyl sites for hydroxylation is 1. The number of rotatable bonds is 10. The van der Waals surface area contributed by atoms with Gasteiger partial charge in [-0.1, -0.05) is 43.7 Å². The standard InChI is InChI=1S/C24H29N3O5S2/c1-5-27(6-2)34(30,31)20-15-16-21(25-22-9-7-8-10-24(22)32-4)23(17-20)26-33(28,29)19-13-11-18(3)12-14-19/h7-17,25-26H,5-6H2,1-4H3. The van der Waals surface area contributed by atoms with Gasteiger partial charge in [0, 0.05) is 13.1 Å². The maximum Gasteiger partial charge on any atom is 0.261 e. The van der Waals surface area contributed by atoms with Crippen molar-refractivity contribution in [3.05, 3.63) is 72.3 Å². The fourth-order valence-electron chi connectivity index (χ4n) is 3.40. The Labute approximate surface area is 201 Å². The smallest absolute Gasteiger partial charge is 0.261 e. The van der Waals surface area contributed by atoms with E-state index in [1.54, 1.807) is 44.2 Å². The van der Waals surface area contributed by atoms with Gasteiger partial charge in [-0.3, -0.25) is 4.72 Å². The van der Waals surface area contributed by atoms with Crippen LogP contribution < -0.4 is 14.8 Å². The number of nitrogens with zero attached hydrogens (tertiary/aromatic N) is 1. The highest BCUT2D eigenvalue weighted by molar-refractivity contribution is 7.92. The molecule has 0 saturated carbocycles. The molecule has 0 aliphatic rings. The van der Waals surface area contributed by atoms with Gasteiger partial charge in [0.25, 0.3) is 10.0 Å². The zero-order valence-corrected chi connectivity index (χ0v) is 21.2. The monoisotopic (exact) mass is 503 g/mol. The summed E-state index contributed by atoms with van der Waals surface area (Å²) in [5.74, 6) is 0.551. The van der Waals surface area contributed by atoms with Crippen LogP contribution in [0.2, 0.25) is 0 Å². The molecule has 0 bridgehead atoms. The van der Waals surface area contributed by atoms with Crippen LogP contribution in [0.5, 0.6) is 5.75 Å². The summed E-state index contributed by atoms with van der Waals surface area (Å²) in [6, 6.07) is 17.9. The molecule has 0 fully saturated rings. The van der Waals surface area contributed by atoms with Gasteiger partial charge in [0.2, 0.25) is 10.0 Å². The van der Waals surface area contributed by atoms with E-state index >= 15 is 0 Å². The highest BCUT2D eigenvalue weighted by Crippen LogP contribution is 2.34. The summed E-state index contributed by atoms with van der Waals surface area (Å²) in [5, 5.41) is 3.15. The third kappa shape index (κ3) is 5.52. The highest BCUT2D eigenvalue weighted by Gasteiger charge is 2.24. The van der Waals surface area contributed by atoms with Crippen molar-refractivity contribution in [3.63, 3.8) is 0 Å². The van der Waals surface area contributed by atoms with E-state index in [0.29, 0.717) is 30.2 Å². The molecule has 8 nitrogen and oxygen atoms in total. The second kappa shape index (κ2) is 10.5. The van der Waals surface area contributed by atoms with Gasteiger partial charge >= 0.3 is 0 Å². The lowest BCUT2D eigenvalue weighted by Gasteiger charge is -2.21. The van der Waals surface area contributed by atoms with Crippen LogP contribution in [0.3, 0.4) is 0 Å². The molecule has 0 atom stereocenters. The van der Waals surface area contributed by atoms with Gasteiger partial charge in [-0.15, -0.1) is 0 Å². The first-order valence-corrected chi connectivity index (χ1v) is 13.7. The lowest BCUT2D eigenvalue weighted by Crippen LogP contribution is -2.30. The molecule has 0 unspecified atom stereocenters. The summed E-state index contributed by atoms with van der Waals surface area (Å²) in [7, 11) is -6.26. The molecule has 3 rings (SSSR count). The maximum atomic E-state index is 13.1. The van der Waals surface area contributed by atoms with Gasteiger partial charge < -0.3 is 10.1 Å². The van der Waals surface area contributed by atoms with Gasteiger partial charge in [0.05, 0.1) is 34.0 Å². The van der Waals surface area contributed by atoms with E-state index in [1.807, 2.05) is 13.0 Å². The Bertz CT molecular complexity index is 1350. The summed E-state index contributed by atoms with van der Waals surface area (Å²) >= 11 is 0. The summed E-state index contributed by atoms with van der Waals surface area (Å²) in [4.78, 5) is 0.0572. The van der Waals surface area contributed by atoms with Crippen molar-refractivity contribution in [2.45, 2.75) is 30.6 Å². The average molecular weight is 504 g/mol. The maximum absolute atomic E-state index is 13.1. The molecule has 0 aromatic heterocycles. The summed E-state index contributed by atoms with van der Waals surface area (Å²) in [5.41, 5.74) is 1.99. The van der Waals surface area contributed by atoms with E-state index in [4.69, 9.17) is 4.74 Å². The van der Waals surface area contributed by atoms with Crippen molar-refractivity contribution >= 4 is 37.1 Å². The molecule has 182 valence electrons. The van der Waals surface area contributed by atoms with E-state index in [0.717, 1.165) is 5.56 Å². The van der Waals surface area contributed by atoms with Gasteiger partial charge in [0.1, 0.15) is 5.75 Å². The molecule has 3 aromatic carbocycles. The van der Waals surface area contributed by atoms with Crippen LogP contribution in [0.4, 0.5) is 17.1 Å². The molecular formula is C24H29N3O5S2. The predicted molar refractivity (Wildman–Crippen MR) is 135 cm³/mol. The number of benzene rings is 3. The van der Waals surface area contributed by atoms with Crippen LogP contribution in [0.1, 0.15) is 19.4 Å². The molecule has 2 N–H and O–H groups in total. The van der Waals surface area contributed by atoms with Gasteiger partial charge in [0.15, 0.2) is 0 Å². The topological polar surface area (TPSA) is 105 Å². The van der Waals surface area contributed by atoms with Crippen molar-refractivity contribution in [3.8, 4) is 5.75 Å². The third-order valence-corrected chi connectivity index (χ3v) is 8.71. The Hall–Kier alpha value is -3.08. The third-order valence-electron chi connectivity index (χ3n) is 5.29. The van der Waals surface area contributed by atoms with E-state index in [2.05, 4.69) is 10.0 Å². The van der Waals surface area contributed by atoms with Crippen LogP contribution in [0.25, 0.3) is 0 Å². The zero-order chi connectivity index (χ0) is 24.9. The molecule has 0 heterocycles. The van der Waals surface area contributed by atoms with Crippen molar-refractivity contribution in [2.24, 2.45) is 0 Å². The number of hydrogen-bond acceptors (Lipinski definition) is 6. The summed E-state index contributed by atoms with van der Waals surface area (Å²) in [6.45, 7) is 5.95. The Balaban J connectivity index is 2.11. The SMILES string of the molecule is CCN(CC)S(=O)(=O)c1ccc(Nc2ccccc2OC)c(NS(=O)(=O)c2ccc(C)cc2)c1. The molecule has 0 spiro atoms. The number of sulfonamides is 2. The second-order valence-corrected chi connectivity index (χ2v) is 11.2. The van der Waals surface area contributed by atoms with Crippen LogP contribution in [-0.4, -0.2) is 41.3 Å². The van der Waals surface area contributed by atoms with Gasteiger partial charge in [-0.25, -0.2) is 16.8 Å². The number of nitrogens with one attached hydrogen (secondary N) is 2. The number of para-hydroxylation sites is 2. The van der Waals surface area contributed by atoms with Crippen LogP contribution in [0.15, 0.2) is 76.5 Å². The zero-order valence-electron chi connectivity index (χ0n) is 19.6. The molecule has 34 heavy (non-hydrogen) atoms. The number of anilines is 3. The van der Waals surface area contributed by atoms with Gasteiger partial charge in [-0.2, -0.15) is 4.31 Å². The lowest BCUT2D eigenvalue weighted by atomic mass is 10.2. The van der Waals surface area contributed by atoms with Crippen molar-refractivity contribution < 1.29 is 21.6 Å². The normalized spacial score (nSPS) is 11.9. The van der Waals surface area contributed by atoms with Gasteiger partial charge in [-0.05, 0) is 49.4 Å². The van der Waals surface area contributed by atoms with Crippen molar-refractivity contribution in [2.75, 3.05) is 30.2 Å². The molecule has 0 aliphatic heterocycles. The first-order valence-electron chi connectivity index (χ1n) is 10.8. The fourth-order valence-corrected chi connectivity index (χ4v) is 5.96. The minimum atomic E-state index is -3.98. The minimum Gasteiger partial charge on any atom is -0.495 e. The first-order chi connectivity index (χ1) is 16.1. The summed E-state index contributed by atoms with van der Waals surface area (Å²) in [6.07, 6.45) is 0. The average Bonchev–Trinajstić information content (AvgIpc) is 2.81. The largest absolute Gasteiger partial charge is 0.495 e. The first kappa shape index (κ1) is 25.5. The van der Waals surface area contributed by atoms with Crippen LogP contribution >= 0.6 is 0 Å². The van der Waals surface area contributed by atoms with Crippen LogP contribution in [0, 0.1) is 6.92 Å². The van der Waals surface area contributed by atoms with Crippen molar-refractivity contribution in [1.82, 2.24) is 4.31 Å². The number of hydrogen-bond donors (Lipinski definition) is 2. The minimum absolute atomic E-state index is 0.0108. The Morgan fingerprint density at radius 2 is 1.41 bits per heavy atom. The molecular weight excluding hydrogens is 474 g/mol. The Kier molecular flexibility index (Phi) is 7.86. The van der Waals surface area contributed by atoms with E-state index < -0.39 is 20.0 Å². The molecule has 0 amide bonds. The lowest BCUT2D eigenvalue weighted by molar-refractivity contribution is 0.417. The number of methoxy groups -OCH3 is 1. The predicted octanol–water partition coefficient (Wildman–Crippen LogP) is 4.58. The summed E-state index contributed by atoms with van der Waals surface area (Å²) < 4.78 is 61.7. The van der Waals surface area contributed by atoms with E-state index in [9.17, 15) is 16.8 Å². The van der Waals surface area contributed by atoms with E-state index in [-0.39, 0.29) is 15.5 Å². The molecule has 10 heteroatoms. The highest BCUT2D eigenvalue weighted by atomic mass is 32.2. The molecule has 0 aliphatic carbocycles. The molecule has 0 radical (unpaired) electrons. The quantitative estimate of drug-likeness (QED) is 0.420. The molecule has 3 aromatic rings. The molecule has 0 saturated heterocycles.